The third-order valence-corrected chi connectivity index (χ3v) is 4.35. The third-order valence-electron chi connectivity index (χ3n) is 3.65. The van der Waals surface area contributed by atoms with Gasteiger partial charge in [-0.1, -0.05) is 24.3 Å². The average Bonchev–Trinajstić information content (AvgIpc) is 2.37. The van der Waals surface area contributed by atoms with Crippen LogP contribution in [0.15, 0.2) is 24.3 Å². The van der Waals surface area contributed by atoms with E-state index in [0.717, 1.165) is 12.5 Å². The molecule has 0 aliphatic heterocycles. The van der Waals surface area contributed by atoms with Crippen molar-refractivity contribution in [3.63, 3.8) is 0 Å². The summed E-state index contributed by atoms with van der Waals surface area (Å²) in [7, 11) is 0. The number of rotatable bonds is 8. The SMILES string of the molecule is CSCCCC(CNC(C)(C)C)Cc1ccccc1C. The summed E-state index contributed by atoms with van der Waals surface area (Å²) >= 11 is 1.96. The normalized spacial score (nSPS) is 13.4. The molecule has 0 aliphatic rings. The smallest absolute Gasteiger partial charge is 0.00966 e. The van der Waals surface area contributed by atoms with E-state index in [-0.39, 0.29) is 5.54 Å². The van der Waals surface area contributed by atoms with Gasteiger partial charge in [-0.3, -0.25) is 0 Å². The Hall–Kier alpha value is -0.470. The first kappa shape index (κ1) is 17.6. The second kappa shape index (κ2) is 8.74. The number of thioether (sulfide) groups is 1. The lowest BCUT2D eigenvalue weighted by atomic mass is 9.92. The summed E-state index contributed by atoms with van der Waals surface area (Å²) in [4.78, 5) is 0. The average molecular weight is 294 g/mol. The minimum absolute atomic E-state index is 0.212. The first-order chi connectivity index (χ1) is 9.42. The molecule has 0 radical (unpaired) electrons. The topological polar surface area (TPSA) is 12.0 Å². The Labute approximate surface area is 129 Å². The zero-order valence-electron chi connectivity index (χ0n) is 13.8. The molecule has 114 valence electrons. The van der Waals surface area contributed by atoms with Crippen LogP contribution < -0.4 is 5.32 Å². The molecule has 20 heavy (non-hydrogen) atoms. The van der Waals surface area contributed by atoms with Crippen LogP contribution in [0.25, 0.3) is 0 Å². The molecule has 0 fully saturated rings. The summed E-state index contributed by atoms with van der Waals surface area (Å²) in [5, 5.41) is 3.68. The van der Waals surface area contributed by atoms with E-state index in [0.29, 0.717) is 0 Å². The molecule has 1 unspecified atom stereocenters. The highest BCUT2D eigenvalue weighted by Gasteiger charge is 2.15. The van der Waals surface area contributed by atoms with Gasteiger partial charge in [-0.15, -0.1) is 0 Å². The molecule has 1 aromatic rings. The molecule has 2 heteroatoms. The highest BCUT2D eigenvalue weighted by Crippen LogP contribution is 2.18. The molecule has 0 amide bonds. The summed E-state index contributed by atoms with van der Waals surface area (Å²) in [5.74, 6) is 2.02. The van der Waals surface area contributed by atoms with E-state index in [2.05, 4.69) is 63.5 Å². The summed E-state index contributed by atoms with van der Waals surface area (Å²) in [5.41, 5.74) is 3.15. The van der Waals surface area contributed by atoms with Gasteiger partial charge in [0.15, 0.2) is 0 Å². The van der Waals surface area contributed by atoms with Crippen molar-refractivity contribution in [2.75, 3.05) is 18.6 Å². The lowest BCUT2D eigenvalue weighted by molar-refractivity contribution is 0.355. The van der Waals surface area contributed by atoms with Crippen LogP contribution in [0.3, 0.4) is 0 Å². The van der Waals surface area contributed by atoms with Gasteiger partial charge in [0.2, 0.25) is 0 Å². The Morgan fingerprint density at radius 3 is 2.50 bits per heavy atom. The van der Waals surface area contributed by atoms with E-state index in [1.54, 1.807) is 0 Å². The third kappa shape index (κ3) is 7.35. The second-order valence-corrected chi connectivity index (χ2v) is 7.75. The summed E-state index contributed by atoms with van der Waals surface area (Å²) in [6.45, 7) is 10.1. The van der Waals surface area contributed by atoms with Crippen LogP contribution in [0, 0.1) is 12.8 Å². The molecule has 0 spiro atoms. The Balaban J connectivity index is 2.59. The van der Waals surface area contributed by atoms with Gasteiger partial charge in [-0.25, -0.2) is 0 Å². The number of hydrogen-bond donors (Lipinski definition) is 1. The van der Waals surface area contributed by atoms with Crippen molar-refractivity contribution in [1.82, 2.24) is 5.32 Å². The fourth-order valence-electron chi connectivity index (χ4n) is 2.39. The van der Waals surface area contributed by atoms with E-state index in [1.807, 2.05) is 11.8 Å². The number of benzene rings is 1. The summed E-state index contributed by atoms with van der Waals surface area (Å²) in [6, 6.07) is 8.81. The van der Waals surface area contributed by atoms with Crippen molar-refractivity contribution in [3.05, 3.63) is 35.4 Å². The van der Waals surface area contributed by atoms with Crippen LogP contribution in [-0.4, -0.2) is 24.1 Å². The zero-order chi connectivity index (χ0) is 15.0. The second-order valence-electron chi connectivity index (χ2n) is 6.76. The molecule has 1 rings (SSSR count). The number of hydrogen-bond acceptors (Lipinski definition) is 2. The van der Waals surface area contributed by atoms with Crippen LogP contribution in [0.5, 0.6) is 0 Å². The highest BCUT2D eigenvalue weighted by atomic mass is 32.2. The van der Waals surface area contributed by atoms with Crippen LogP contribution in [0.2, 0.25) is 0 Å². The Bertz CT molecular complexity index is 381. The fraction of sp³-hybridized carbons (Fsp3) is 0.667. The molecule has 1 N–H and O–H groups in total. The summed E-state index contributed by atoms with van der Waals surface area (Å²) in [6.07, 6.45) is 6.04. The van der Waals surface area contributed by atoms with Crippen molar-refractivity contribution >= 4 is 11.8 Å². The molecule has 0 aromatic heterocycles. The van der Waals surface area contributed by atoms with Gasteiger partial charge in [-0.05, 0) is 82.6 Å². The predicted octanol–water partition coefficient (Wildman–Crippen LogP) is 4.69. The summed E-state index contributed by atoms with van der Waals surface area (Å²) < 4.78 is 0. The van der Waals surface area contributed by atoms with Crippen molar-refractivity contribution in [2.45, 2.75) is 52.5 Å². The molecule has 1 nitrogen and oxygen atoms in total. The Kier molecular flexibility index (Phi) is 7.68. The monoisotopic (exact) mass is 293 g/mol. The van der Waals surface area contributed by atoms with E-state index in [9.17, 15) is 0 Å². The standard InChI is InChI=1S/C18H31NS/c1-15-9-6-7-11-17(15)13-16(10-8-12-20-5)14-19-18(2,3)4/h6-7,9,11,16,19H,8,10,12-14H2,1-5H3. The Morgan fingerprint density at radius 1 is 1.20 bits per heavy atom. The van der Waals surface area contributed by atoms with E-state index in [4.69, 9.17) is 0 Å². The molecule has 0 bridgehead atoms. The van der Waals surface area contributed by atoms with Crippen LogP contribution in [0.1, 0.15) is 44.7 Å². The quantitative estimate of drug-likeness (QED) is 0.698. The lowest BCUT2D eigenvalue weighted by Gasteiger charge is -2.26. The molecular formula is C18H31NS. The van der Waals surface area contributed by atoms with Crippen LogP contribution in [-0.2, 0) is 6.42 Å². The van der Waals surface area contributed by atoms with Gasteiger partial charge in [0.25, 0.3) is 0 Å². The lowest BCUT2D eigenvalue weighted by Crippen LogP contribution is -2.39. The number of aryl methyl sites for hydroxylation is 1. The minimum Gasteiger partial charge on any atom is -0.312 e. The molecule has 0 saturated heterocycles. The fourth-order valence-corrected chi connectivity index (χ4v) is 2.85. The molecule has 1 aromatic carbocycles. The maximum absolute atomic E-state index is 3.68. The van der Waals surface area contributed by atoms with Crippen molar-refractivity contribution in [1.29, 1.82) is 0 Å². The number of nitrogens with one attached hydrogen (secondary N) is 1. The molecule has 0 saturated carbocycles. The van der Waals surface area contributed by atoms with Gasteiger partial charge >= 0.3 is 0 Å². The largest absolute Gasteiger partial charge is 0.312 e. The predicted molar refractivity (Wildman–Crippen MR) is 93.7 cm³/mol. The highest BCUT2D eigenvalue weighted by molar-refractivity contribution is 7.98. The van der Waals surface area contributed by atoms with Gasteiger partial charge in [0.05, 0.1) is 0 Å². The van der Waals surface area contributed by atoms with Gasteiger partial charge in [-0.2, -0.15) is 11.8 Å². The van der Waals surface area contributed by atoms with Gasteiger partial charge in [0, 0.05) is 5.54 Å². The van der Waals surface area contributed by atoms with Crippen molar-refractivity contribution in [2.24, 2.45) is 5.92 Å². The van der Waals surface area contributed by atoms with Gasteiger partial charge < -0.3 is 5.32 Å². The van der Waals surface area contributed by atoms with E-state index >= 15 is 0 Å². The molecule has 0 aliphatic carbocycles. The zero-order valence-corrected chi connectivity index (χ0v) is 14.6. The van der Waals surface area contributed by atoms with Gasteiger partial charge in [0.1, 0.15) is 0 Å². The first-order valence-corrected chi connectivity index (χ1v) is 9.10. The van der Waals surface area contributed by atoms with Crippen LogP contribution in [0.4, 0.5) is 0 Å². The van der Waals surface area contributed by atoms with Crippen LogP contribution >= 0.6 is 11.8 Å². The van der Waals surface area contributed by atoms with Crippen molar-refractivity contribution < 1.29 is 0 Å². The van der Waals surface area contributed by atoms with E-state index in [1.165, 1.54) is 36.1 Å². The molecular weight excluding hydrogens is 262 g/mol. The molecule has 0 heterocycles. The maximum atomic E-state index is 3.68. The first-order valence-electron chi connectivity index (χ1n) is 7.71. The minimum atomic E-state index is 0.212. The maximum Gasteiger partial charge on any atom is 0.00966 e. The van der Waals surface area contributed by atoms with Crippen molar-refractivity contribution in [3.8, 4) is 0 Å². The Morgan fingerprint density at radius 2 is 1.90 bits per heavy atom. The molecule has 1 atom stereocenters. The van der Waals surface area contributed by atoms with E-state index < -0.39 is 0 Å².